The summed E-state index contributed by atoms with van der Waals surface area (Å²) in [6.07, 6.45) is 1.41. The second kappa shape index (κ2) is 9.68. The number of thioether (sulfide) groups is 1. The van der Waals surface area contributed by atoms with Crippen molar-refractivity contribution in [1.29, 1.82) is 0 Å². The highest BCUT2D eigenvalue weighted by molar-refractivity contribution is 7.99. The highest BCUT2D eigenvalue weighted by Crippen LogP contribution is 2.25. The molecule has 0 atom stereocenters. The summed E-state index contributed by atoms with van der Waals surface area (Å²) in [6.45, 7) is 0.618. The Labute approximate surface area is 188 Å². The van der Waals surface area contributed by atoms with Crippen molar-refractivity contribution in [3.8, 4) is 5.75 Å². The van der Waals surface area contributed by atoms with E-state index < -0.39 is 0 Å². The van der Waals surface area contributed by atoms with Crippen LogP contribution in [0.25, 0.3) is 11.0 Å². The zero-order chi connectivity index (χ0) is 21.6. The minimum atomic E-state index is -0.262. The van der Waals surface area contributed by atoms with Crippen molar-refractivity contribution >= 4 is 46.5 Å². The molecule has 0 aliphatic heterocycles. The van der Waals surface area contributed by atoms with Gasteiger partial charge in [-0.25, -0.2) is 10.4 Å². The van der Waals surface area contributed by atoms with Crippen molar-refractivity contribution in [3.05, 3.63) is 88.9 Å². The quantitative estimate of drug-likeness (QED) is 0.243. The first-order valence-corrected chi connectivity index (χ1v) is 10.9. The normalized spacial score (nSPS) is 11.3. The summed E-state index contributed by atoms with van der Waals surface area (Å²) in [5, 5.41) is 15.1. The Morgan fingerprint density at radius 3 is 2.65 bits per heavy atom. The molecule has 4 aromatic rings. The summed E-state index contributed by atoms with van der Waals surface area (Å²) in [5.74, 6) is -0.00485. The molecule has 8 heteroatoms. The van der Waals surface area contributed by atoms with Gasteiger partial charge in [-0.3, -0.25) is 4.79 Å². The monoisotopic (exact) mass is 450 g/mol. The number of benzene rings is 3. The van der Waals surface area contributed by atoms with Crippen molar-refractivity contribution in [2.45, 2.75) is 11.7 Å². The number of aromatic hydroxyl groups is 1. The number of nitrogens with zero attached hydrogens (tertiary/aromatic N) is 3. The van der Waals surface area contributed by atoms with Crippen LogP contribution in [0, 0.1) is 0 Å². The number of hydrazone groups is 1. The molecule has 0 bridgehead atoms. The maximum atomic E-state index is 12.3. The fourth-order valence-electron chi connectivity index (χ4n) is 3.02. The molecule has 156 valence electrons. The third-order valence-corrected chi connectivity index (χ3v) is 5.76. The van der Waals surface area contributed by atoms with Crippen molar-refractivity contribution in [3.63, 3.8) is 0 Å². The Morgan fingerprint density at radius 2 is 1.84 bits per heavy atom. The smallest absolute Gasteiger partial charge is 0.250 e. The Kier molecular flexibility index (Phi) is 6.54. The first-order chi connectivity index (χ1) is 15.1. The predicted molar refractivity (Wildman–Crippen MR) is 125 cm³/mol. The molecule has 6 nitrogen and oxygen atoms in total. The number of nitrogens with one attached hydrogen (secondary N) is 1. The third kappa shape index (κ3) is 5.25. The van der Waals surface area contributed by atoms with Gasteiger partial charge in [-0.05, 0) is 42.0 Å². The van der Waals surface area contributed by atoms with Crippen LogP contribution in [0.15, 0.2) is 83.1 Å². The number of rotatable bonds is 7. The van der Waals surface area contributed by atoms with E-state index in [0.29, 0.717) is 17.1 Å². The number of carbonyl (C=O) groups excluding carboxylic acids is 1. The summed E-state index contributed by atoms with van der Waals surface area (Å²) in [4.78, 5) is 16.9. The lowest BCUT2D eigenvalue weighted by atomic mass is 10.2. The van der Waals surface area contributed by atoms with Gasteiger partial charge in [-0.2, -0.15) is 5.10 Å². The number of aromatic nitrogens is 2. The lowest BCUT2D eigenvalue weighted by molar-refractivity contribution is -0.118. The SMILES string of the molecule is O=C(CSc1nc2ccccc2n1Cc1ccc(Cl)cc1)N/N=C/c1ccccc1O. The number of hydrogen-bond donors (Lipinski definition) is 2. The minimum Gasteiger partial charge on any atom is -0.507 e. The fraction of sp³-hybridized carbons (Fsp3) is 0.0870. The molecule has 0 spiro atoms. The van der Waals surface area contributed by atoms with E-state index in [9.17, 15) is 9.90 Å². The number of imidazole rings is 1. The Morgan fingerprint density at radius 1 is 1.10 bits per heavy atom. The molecular weight excluding hydrogens is 432 g/mol. The van der Waals surface area contributed by atoms with Crippen molar-refractivity contribution in [2.24, 2.45) is 5.10 Å². The van der Waals surface area contributed by atoms with Gasteiger partial charge in [0.2, 0.25) is 0 Å². The first-order valence-electron chi connectivity index (χ1n) is 9.52. The number of para-hydroxylation sites is 3. The second-order valence-electron chi connectivity index (χ2n) is 6.74. The molecule has 0 aliphatic rings. The molecule has 0 saturated heterocycles. The highest BCUT2D eigenvalue weighted by atomic mass is 35.5. The lowest BCUT2D eigenvalue weighted by Gasteiger charge is -2.09. The van der Waals surface area contributed by atoms with Crippen LogP contribution in [0.3, 0.4) is 0 Å². The largest absolute Gasteiger partial charge is 0.507 e. The minimum absolute atomic E-state index is 0.103. The van der Waals surface area contributed by atoms with Crippen LogP contribution in [0.1, 0.15) is 11.1 Å². The van der Waals surface area contributed by atoms with E-state index in [2.05, 4.69) is 20.1 Å². The standard InChI is InChI=1S/C23H19ClN4O2S/c24-18-11-9-16(10-12-18)14-28-20-7-3-2-6-19(20)26-23(28)31-15-22(30)27-25-13-17-5-1-4-8-21(17)29/h1-13,29H,14-15H2,(H,27,30)/b25-13+. The molecule has 2 N–H and O–H groups in total. The summed E-state index contributed by atoms with van der Waals surface area (Å²) >= 11 is 7.34. The highest BCUT2D eigenvalue weighted by Gasteiger charge is 2.13. The average Bonchev–Trinajstić information content (AvgIpc) is 3.12. The Hall–Kier alpha value is -3.29. The first kappa shape index (κ1) is 21.0. The zero-order valence-electron chi connectivity index (χ0n) is 16.4. The van der Waals surface area contributed by atoms with Crippen LogP contribution in [-0.4, -0.2) is 32.5 Å². The second-order valence-corrected chi connectivity index (χ2v) is 8.12. The average molecular weight is 451 g/mol. The maximum Gasteiger partial charge on any atom is 0.250 e. The van der Waals surface area contributed by atoms with Crippen molar-refractivity contribution in [1.82, 2.24) is 15.0 Å². The number of halogens is 1. The number of phenolic OH excluding ortho intramolecular Hbond substituents is 1. The van der Waals surface area contributed by atoms with Crippen LogP contribution in [0.5, 0.6) is 5.75 Å². The Balaban J connectivity index is 1.46. The lowest BCUT2D eigenvalue weighted by Crippen LogP contribution is -2.20. The maximum absolute atomic E-state index is 12.3. The van der Waals surface area contributed by atoms with Gasteiger partial charge >= 0.3 is 0 Å². The summed E-state index contributed by atoms with van der Waals surface area (Å²) < 4.78 is 2.09. The summed E-state index contributed by atoms with van der Waals surface area (Å²) in [6, 6.07) is 22.3. The van der Waals surface area contributed by atoms with Crippen LogP contribution >= 0.6 is 23.4 Å². The van der Waals surface area contributed by atoms with E-state index in [0.717, 1.165) is 21.8 Å². The van der Waals surface area contributed by atoms with Crippen molar-refractivity contribution in [2.75, 3.05) is 5.75 Å². The number of hydrogen-bond acceptors (Lipinski definition) is 5. The number of fused-ring (bicyclic) bond motifs is 1. The van der Waals surface area contributed by atoms with Crippen LogP contribution in [0.2, 0.25) is 5.02 Å². The van der Waals surface area contributed by atoms with Gasteiger partial charge in [0, 0.05) is 10.6 Å². The van der Waals surface area contributed by atoms with Gasteiger partial charge in [0.25, 0.3) is 5.91 Å². The third-order valence-electron chi connectivity index (χ3n) is 4.54. The number of phenols is 1. The van der Waals surface area contributed by atoms with E-state index in [1.165, 1.54) is 18.0 Å². The number of carbonyl (C=O) groups is 1. The number of amides is 1. The van der Waals surface area contributed by atoms with Gasteiger partial charge in [0.15, 0.2) is 5.16 Å². The molecule has 1 amide bonds. The molecule has 0 saturated carbocycles. The molecule has 0 aliphatic carbocycles. The molecular formula is C23H19ClN4O2S. The molecule has 1 heterocycles. The molecule has 3 aromatic carbocycles. The summed E-state index contributed by atoms with van der Waals surface area (Å²) in [5.41, 5.74) is 5.97. The van der Waals surface area contributed by atoms with Crippen LogP contribution in [0.4, 0.5) is 0 Å². The van der Waals surface area contributed by atoms with E-state index >= 15 is 0 Å². The predicted octanol–water partition coefficient (Wildman–Crippen LogP) is 4.69. The fourth-order valence-corrected chi connectivity index (χ4v) is 3.95. The molecule has 0 unspecified atom stereocenters. The molecule has 4 rings (SSSR count). The van der Waals surface area contributed by atoms with E-state index in [-0.39, 0.29) is 17.4 Å². The van der Waals surface area contributed by atoms with Crippen LogP contribution < -0.4 is 5.43 Å². The molecule has 0 fully saturated rings. The van der Waals surface area contributed by atoms with E-state index in [1.807, 2.05) is 48.5 Å². The van der Waals surface area contributed by atoms with E-state index in [4.69, 9.17) is 11.6 Å². The molecule has 0 radical (unpaired) electrons. The topological polar surface area (TPSA) is 79.5 Å². The molecule has 31 heavy (non-hydrogen) atoms. The molecule has 1 aromatic heterocycles. The van der Waals surface area contributed by atoms with Gasteiger partial charge in [-0.1, -0.05) is 59.8 Å². The van der Waals surface area contributed by atoms with Gasteiger partial charge in [-0.15, -0.1) is 0 Å². The zero-order valence-corrected chi connectivity index (χ0v) is 18.0. The van der Waals surface area contributed by atoms with Crippen LogP contribution in [-0.2, 0) is 11.3 Å². The van der Waals surface area contributed by atoms with Gasteiger partial charge in [0.05, 0.1) is 29.5 Å². The van der Waals surface area contributed by atoms with E-state index in [1.54, 1.807) is 24.3 Å². The van der Waals surface area contributed by atoms with Gasteiger partial charge in [0.1, 0.15) is 5.75 Å². The van der Waals surface area contributed by atoms with Crippen molar-refractivity contribution < 1.29 is 9.90 Å². The summed E-state index contributed by atoms with van der Waals surface area (Å²) in [7, 11) is 0. The van der Waals surface area contributed by atoms with Gasteiger partial charge < -0.3 is 9.67 Å². The Bertz CT molecular complexity index is 1240.